The van der Waals surface area contributed by atoms with E-state index in [1.54, 1.807) is 4.68 Å². The monoisotopic (exact) mass is 265 g/mol. The number of hydrogen-bond donors (Lipinski definition) is 2. The molecule has 2 atom stereocenters. The normalized spacial score (nSPS) is 22.5. The third-order valence-electron chi connectivity index (χ3n) is 3.91. The molecule has 1 heterocycles. The largest absolute Gasteiger partial charge is 0.481 e. The van der Waals surface area contributed by atoms with Crippen molar-refractivity contribution in [1.29, 1.82) is 0 Å². The van der Waals surface area contributed by atoms with Gasteiger partial charge in [0.15, 0.2) is 0 Å². The van der Waals surface area contributed by atoms with Crippen LogP contribution in [0.2, 0.25) is 0 Å². The first-order valence-corrected chi connectivity index (χ1v) is 6.44. The Morgan fingerprint density at radius 2 is 1.95 bits per heavy atom. The van der Waals surface area contributed by atoms with Crippen molar-refractivity contribution in [3.8, 4) is 0 Å². The summed E-state index contributed by atoms with van der Waals surface area (Å²) in [4.78, 5) is 23.1. The molecule has 1 amide bonds. The molecular formula is C13H19N3O3. The Bertz CT molecular complexity index is 521. The van der Waals surface area contributed by atoms with Gasteiger partial charge in [-0.1, -0.05) is 0 Å². The molecular weight excluding hydrogens is 246 g/mol. The number of carbonyl (C=O) groups excluding carboxylic acids is 1. The minimum Gasteiger partial charge on any atom is -0.481 e. The van der Waals surface area contributed by atoms with E-state index in [0.29, 0.717) is 19.3 Å². The van der Waals surface area contributed by atoms with Gasteiger partial charge < -0.3 is 10.4 Å². The summed E-state index contributed by atoms with van der Waals surface area (Å²) in [5.41, 5.74) is 2.42. The van der Waals surface area contributed by atoms with E-state index in [4.69, 9.17) is 5.11 Å². The number of carboxylic acid groups (broad SMARTS) is 1. The number of nitrogens with one attached hydrogen (secondary N) is 1. The van der Waals surface area contributed by atoms with Gasteiger partial charge >= 0.3 is 5.97 Å². The number of anilines is 1. The Morgan fingerprint density at radius 1 is 1.32 bits per heavy atom. The number of aryl methyl sites for hydroxylation is 2. The van der Waals surface area contributed by atoms with Gasteiger partial charge in [-0.3, -0.25) is 14.3 Å². The van der Waals surface area contributed by atoms with Gasteiger partial charge in [0.2, 0.25) is 5.91 Å². The first-order valence-electron chi connectivity index (χ1n) is 6.44. The average molecular weight is 265 g/mol. The van der Waals surface area contributed by atoms with E-state index in [0.717, 1.165) is 17.1 Å². The van der Waals surface area contributed by atoms with Gasteiger partial charge in [0.05, 0.1) is 23.0 Å². The number of aliphatic carboxylic acids is 1. The Morgan fingerprint density at radius 3 is 2.42 bits per heavy atom. The van der Waals surface area contributed by atoms with Gasteiger partial charge in [0.25, 0.3) is 0 Å². The summed E-state index contributed by atoms with van der Waals surface area (Å²) >= 11 is 0. The molecule has 1 aromatic heterocycles. The standard InChI is InChI=1S/C13H19N3O3/c1-7-11(8(2)16(3)15-7)14-12(17)9-4-5-10(6-9)13(18)19/h9-10H,4-6H2,1-3H3,(H,14,17)(H,18,19)/t9-,10+/m1/s1. The number of rotatable bonds is 3. The molecule has 1 aromatic rings. The lowest BCUT2D eigenvalue weighted by atomic mass is 10.0. The molecule has 0 saturated heterocycles. The van der Waals surface area contributed by atoms with Crippen LogP contribution in [-0.2, 0) is 16.6 Å². The highest BCUT2D eigenvalue weighted by molar-refractivity contribution is 5.94. The summed E-state index contributed by atoms with van der Waals surface area (Å²) in [5.74, 6) is -1.49. The first-order chi connectivity index (χ1) is 8.90. The van der Waals surface area contributed by atoms with E-state index in [1.165, 1.54) is 0 Å². The Balaban J connectivity index is 2.04. The second-order valence-electron chi connectivity index (χ2n) is 5.20. The number of carboxylic acids is 1. The van der Waals surface area contributed by atoms with E-state index >= 15 is 0 Å². The second-order valence-corrected chi connectivity index (χ2v) is 5.20. The van der Waals surface area contributed by atoms with Crippen LogP contribution < -0.4 is 5.32 Å². The maximum Gasteiger partial charge on any atom is 0.306 e. The van der Waals surface area contributed by atoms with Crippen LogP contribution in [0.25, 0.3) is 0 Å². The summed E-state index contributed by atoms with van der Waals surface area (Å²) in [6.45, 7) is 3.74. The zero-order valence-corrected chi connectivity index (χ0v) is 11.4. The quantitative estimate of drug-likeness (QED) is 0.867. The van der Waals surface area contributed by atoms with Crippen LogP contribution in [0, 0.1) is 25.7 Å². The number of hydrogen-bond acceptors (Lipinski definition) is 3. The summed E-state index contributed by atoms with van der Waals surface area (Å²) < 4.78 is 1.72. The van der Waals surface area contributed by atoms with Crippen LogP contribution in [0.3, 0.4) is 0 Å². The third kappa shape index (κ3) is 2.62. The van der Waals surface area contributed by atoms with Crippen LogP contribution in [0.1, 0.15) is 30.7 Å². The average Bonchev–Trinajstić information content (AvgIpc) is 2.91. The van der Waals surface area contributed by atoms with Crippen LogP contribution in [-0.4, -0.2) is 26.8 Å². The molecule has 2 rings (SSSR count). The molecule has 0 aliphatic heterocycles. The van der Waals surface area contributed by atoms with E-state index in [9.17, 15) is 9.59 Å². The van der Waals surface area contributed by atoms with E-state index < -0.39 is 5.97 Å². The highest BCUT2D eigenvalue weighted by atomic mass is 16.4. The van der Waals surface area contributed by atoms with Crippen LogP contribution >= 0.6 is 0 Å². The summed E-state index contributed by atoms with van der Waals surface area (Å²) in [6.07, 6.45) is 1.65. The topological polar surface area (TPSA) is 84.2 Å². The van der Waals surface area contributed by atoms with Crippen molar-refractivity contribution in [1.82, 2.24) is 9.78 Å². The van der Waals surface area contributed by atoms with Crippen molar-refractivity contribution in [2.45, 2.75) is 33.1 Å². The fourth-order valence-electron chi connectivity index (χ4n) is 2.62. The molecule has 6 nitrogen and oxygen atoms in total. The highest BCUT2D eigenvalue weighted by Gasteiger charge is 2.34. The van der Waals surface area contributed by atoms with Crippen molar-refractivity contribution >= 4 is 17.6 Å². The fraction of sp³-hybridized carbons (Fsp3) is 0.615. The Labute approximate surface area is 111 Å². The van der Waals surface area contributed by atoms with Crippen molar-refractivity contribution in [2.24, 2.45) is 18.9 Å². The lowest BCUT2D eigenvalue weighted by Crippen LogP contribution is -2.22. The molecule has 0 bridgehead atoms. The minimum atomic E-state index is -0.802. The number of carbonyl (C=O) groups is 2. The van der Waals surface area contributed by atoms with Gasteiger partial charge in [-0.2, -0.15) is 5.10 Å². The third-order valence-corrected chi connectivity index (χ3v) is 3.91. The zero-order valence-electron chi connectivity index (χ0n) is 11.4. The molecule has 19 heavy (non-hydrogen) atoms. The van der Waals surface area contributed by atoms with E-state index in [-0.39, 0.29) is 17.7 Å². The molecule has 0 unspecified atom stereocenters. The molecule has 104 valence electrons. The van der Waals surface area contributed by atoms with Crippen LogP contribution in [0.15, 0.2) is 0 Å². The fourth-order valence-corrected chi connectivity index (χ4v) is 2.62. The van der Waals surface area contributed by atoms with Crippen molar-refractivity contribution in [3.63, 3.8) is 0 Å². The van der Waals surface area contributed by atoms with Crippen molar-refractivity contribution in [2.75, 3.05) is 5.32 Å². The lowest BCUT2D eigenvalue weighted by Gasteiger charge is -2.11. The van der Waals surface area contributed by atoms with Crippen LogP contribution in [0.5, 0.6) is 0 Å². The molecule has 1 aliphatic carbocycles. The maximum absolute atomic E-state index is 12.2. The molecule has 0 aromatic carbocycles. The molecule has 1 fully saturated rings. The van der Waals surface area contributed by atoms with Gasteiger partial charge in [0.1, 0.15) is 0 Å². The number of nitrogens with zero attached hydrogens (tertiary/aromatic N) is 2. The predicted molar refractivity (Wildman–Crippen MR) is 69.8 cm³/mol. The molecule has 0 spiro atoms. The second kappa shape index (κ2) is 5.03. The molecule has 0 radical (unpaired) electrons. The number of amides is 1. The first kappa shape index (κ1) is 13.6. The summed E-state index contributed by atoms with van der Waals surface area (Å²) in [5, 5.41) is 16.1. The van der Waals surface area contributed by atoms with Gasteiger partial charge in [-0.25, -0.2) is 0 Å². The van der Waals surface area contributed by atoms with Crippen LogP contribution in [0.4, 0.5) is 5.69 Å². The minimum absolute atomic E-state index is 0.0945. The summed E-state index contributed by atoms with van der Waals surface area (Å²) in [6, 6.07) is 0. The van der Waals surface area contributed by atoms with Gasteiger partial charge in [0, 0.05) is 13.0 Å². The molecule has 1 saturated carbocycles. The molecule has 1 aliphatic rings. The molecule has 6 heteroatoms. The van der Waals surface area contributed by atoms with Gasteiger partial charge in [-0.05, 0) is 33.1 Å². The van der Waals surface area contributed by atoms with E-state index in [1.807, 2.05) is 20.9 Å². The zero-order chi connectivity index (χ0) is 14.2. The van der Waals surface area contributed by atoms with E-state index in [2.05, 4.69) is 10.4 Å². The maximum atomic E-state index is 12.2. The lowest BCUT2D eigenvalue weighted by molar-refractivity contribution is -0.141. The number of aromatic nitrogens is 2. The smallest absolute Gasteiger partial charge is 0.306 e. The van der Waals surface area contributed by atoms with Crippen molar-refractivity contribution in [3.05, 3.63) is 11.4 Å². The molecule has 2 N–H and O–H groups in total. The van der Waals surface area contributed by atoms with Gasteiger partial charge in [-0.15, -0.1) is 0 Å². The Kier molecular flexibility index (Phi) is 3.59. The van der Waals surface area contributed by atoms with Crippen molar-refractivity contribution < 1.29 is 14.7 Å². The Hall–Kier alpha value is -1.85. The SMILES string of the molecule is Cc1nn(C)c(C)c1NC(=O)[C@@H]1CC[C@H](C(=O)O)C1. The predicted octanol–water partition coefficient (Wildman–Crippen LogP) is 1.48. The summed E-state index contributed by atoms with van der Waals surface area (Å²) in [7, 11) is 1.83. The highest BCUT2D eigenvalue weighted by Crippen LogP contribution is 2.32.